The summed E-state index contributed by atoms with van der Waals surface area (Å²) in [6.45, 7) is 11.3. The van der Waals surface area contributed by atoms with Gasteiger partial charge in [0.25, 0.3) is 0 Å². The van der Waals surface area contributed by atoms with E-state index in [9.17, 15) is 0 Å². The van der Waals surface area contributed by atoms with Gasteiger partial charge in [-0.3, -0.25) is 0 Å². The van der Waals surface area contributed by atoms with Gasteiger partial charge in [0, 0.05) is 13.1 Å². The van der Waals surface area contributed by atoms with Crippen molar-refractivity contribution in [3.63, 3.8) is 0 Å². The van der Waals surface area contributed by atoms with Crippen molar-refractivity contribution < 1.29 is 0 Å². The van der Waals surface area contributed by atoms with Crippen LogP contribution in [-0.4, -0.2) is 13.1 Å². The highest BCUT2D eigenvalue weighted by molar-refractivity contribution is 4.56. The third-order valence-corrected chi connectivity index (χ3v) is 2.95. The Labute approximate surface area is 84.3 Å². The molecule has 2 unspecified atom stereocenters. The third-order valence-electron chi connectivity index (χ3n) is 2.95. The largest absolute Gasteiger partial charge is 0.242 e. The van der Waals surface area contributed by atoms with Gasteiger partial charge >= 0.3 is 0 Å². The second kappa shape index (κ2) is 8.55. The van der Waals surface area contributed by atoms with Gasteiger partial charge < -0.3 is 0 Å². The normalized spacial score (nSPS) is 15.7. The lowest BCUT2D eigenvalue weighted by Crippen LogP contribution is -2.13. The van der Waals surface area contributed by atoms with E-state index in [1.165, 1.54) is 25.7 Å². The van der Waals surface area contributed by atoms with Crippen LogP contribution in [0.1, 0.15) is 53.4 Å². The number of hydrogen-bond acceptors (Lipinski definition) is 0. The molecule has 0 saturated carbocycles. The zero-order valence-electron chi connectivity index (χ0n) is 9.84. The summed E-state index contributed by atoms with van der Waals surface area (Å²) in [6.07, 6.45) is 5.13. The van der Waals surface area contributed by atoms with Crippen LogP contribution in [0, 0.1) is 11.8 Å². The molecule has 0 aromatic carbocycles. The number of nitrogens with zero attached hydrogens (tertiary/aromatic N) is 1. The fourth-order valence-corrected chi connectivity index (χ4v) is 1.14. The van der Waals surface area contributed by atoms with Crippen molar-refractivity contribution in [1.82, 2.24) is 5.32 Å². The van der Waals surface area contributed by atoms with Crippen molar-refractivity contribution >= 4 is 0 Å². The van der Waals surface area contributed by atoms with Crippen LogP contribution in [0.25, 0.3) is 0 Å². The predicted molar refractivity (Wildman–Crippen MR) is 60.0 cm³/mol. The van der Waals surface area contributed by atoms with Crippen molar-refractivity contribution in [1.29, 1.82) is 0 Å². The maximum atomic E-state index is 4.55. The molecule has 0 N–H and O–H groups in total. The van der Waals surface area contributed by atoms with Crippen LogP contribution in [0.15, 0.2) is 0 Å². The van der Waals surface area contributed by atoms with Crippen LogP contribution < -0.4 is 5.32 Å². The molecule has 2 atom stereocenters. The van der Waals surface area contributed by atoms with Crippen molar-refractivity contribution in [3.8, 4) is 0 Å². The molecule has 1 nitrogen and oxygen atoms in total. The first kappa shape index (κ1) is 13.0. The van der Waals surface area contributed by atoms with E-state index in [1.807, 2.05) is 0 Å². The Morgan fingerprint density at radius 3 is 1.54 bits per heavy atom. The SMILES string of the molecule is CCC(C)CC[N]CCC(C)CC. The molecule has 0 bridgehead atoms. The van der Waals surface area contributed by atoms with Gasteiger partial charge in [0.2, 0.25) is 0 Å². The Bertz CT molecular complexity index is 89.3. The molecule has 1 radical (unpaired) electrons. The molecular weight excluding hydrogens is 158 g/mol. The van der Waals surface area contributed by atoms with Gasteiger partial charge in [-0.1, -0.05) is 40.5 Å². The Kier molecular flexibility index (Phi) is 8.53. The highest BCUT2D eigenvalue weighted by Crippen LogP contribution is 2.06. The average Bonchev–Trinajstić information content (AvgIpc) is 2.16. The first-order valence-electron chi connectivity index (χ1n) is 5.83. The Hall–Kier alpha value is -0.0400. The molecule has 0 fully saturated rings. The van der Waals surface area contributed by atoms with Crippen LogP contribution >= 0.6 is 0 Å². The Balaban J connectivity index is 3.08. The fourth-order valence-electron chi connectivity index (χ4n) is 1.14. The van der Waals surface area contributed by atoms with Crippen LogP contribution in [0.4, 0.5) is 0 Å². The monoisotopic (exact) mass is 184 g/mol. The standard InChI is InChI=1S/C12H26N/c1-5-11(3)7-9-13-10-8-12(4)6-2/h11-12H,5-10H2,1-4H3. The Morgan fingerprint density at radius 2 is 1.23 bits per heavy atom. The van der Waals surface area contributed by atoms with Crippen molar-refractivity contribution in [2.75, 3.05) is 13.1 Å². The first-order chi connectivity index (χ1) is 6.20. The highest BCUT2D eigenvalue weighted by atomic mass is 14.8. The van der Waals surface area contributed by atoms with E-state index in [1.54, 1.807) is 0 Å². The number of rotatable bonds is 8. The lowest BCUT2D eigenvalue weighted by Gasteiger charge is -2.10. The second-order valence-corrected chi connectivity index (χ2v) is 4.28. The zero-order chi connectivity index (χ0) is 10.1. The van der Waals surface area contributed by atoms with Gasteiger partial charge in [0.15, 0.2) is 0 Å². The first-order valence-corrected chi connectivity index (χ1v) is 5.83. The molecule has 0 saturated heterocycles. The molecule has 0 aliphatic rings. The third kappa shape index (κ3) is 8.29. The minimum atomic E-state index is 0.854. The molecule has 0 aliphatic heterocycles. The summed E-state index contributed by atoms with van der Waals surface area (Å²) in [7, 11) is 0. The van der Waals surface area contributed by atoms with Crippen molar-refractivity contribution in [3.05, 3.63) is 0 Å². The molecule has 0 aromatic rings. The summed E-state index contributed by atoms with van der Waals surface area (Å²) >= 11 is 0. The fraction of sp³-hybridized carbons (Fsp3) is 1.00. The van der Waals surface area contributed by atoms with Gasteiger partial charge in [-0.25, -0.2) is 5.32 Å². The lowest BCUT2D eigenvalue weighted by atomic mass is 10.0. The summed E-state index contributed by atoms with van der Waals surface area (Å²) in [6, 6.07) is 0. The van der Waals surface area contributed by atoms with E-state index in [-0.39, 0.29) is 0 Å². The maximum Gasteiger partial charge on any atom is 0.0135 e. The number of hydrogen-bond donors (Lipinski definition) is 0. The molecule has 0 aromatic heterocycles. The maximum absolute atomic E-state index is 4.55. The van der Waals surface area contributed by atoms with Crippen LogP contribution in [-0.2, 0) is 0 Å². The van der Waals surface area contributed by atoms with E-state index in [0.29, 0.717) is 0 Å². The molecule has 0 amide bonds. The minimum Gasteiger partial charge on any atom is -0.242 e. The van der Waals surface area contributed by atoms with Crippen LogP contribution in [0.2, 0.25) is 0 Å². The van der Waals surface area contributed by atoms with Crippen molar-refractivity contribution in [2.45, 2.75) is 53.4 Å². The van der Waals surface area contributed by atoms with Gasteiger partial charge in [-0.05, 0) is 24.7 Å². The highest BCUT2D eigenvalue weighted by Gasteiger charge is 2.00. The van der Waals surface area contributed by atoms with Crippen LogP contribution in [0.5, 0.6) is 0 Å². The smallest absolute Gasteiger partial charge is 0.0135 e. The predicted octanol–water partition coefficient (Wildman–Crippen LogP) is 3.46. The van der Waals surface area contributed by atoms with E-state index >= 15 is 0 Å². The van der Waals surface area contributed by atoms with Crippen LogP contribution in [0.3, 0.4) is 0 Å². The molecule has 0 rings (SSSR count). The lowest BCUT2D eigenvalue weighted by molar-refractivity contribution is 0.449. The zero-order valence-corrected chi connectivity index (χ0v) is 9.84. The van der Waals surface area contributed by atoms with Gasteiger partial charge in [0.1, 0.15) is 0 Å². The van der Waals surface area contributed by atoms with E-state index in [0.717, 1.165) is 24.9 Å². The summed E-state index contributed by atoms with van der Waals surface area (Å²) in [5.74, 6) is 1.71. The summed E-state index contributed by atoms with van der Waals surface area (Å²) in [5, 5.41) is 4.55. The molecule has 0 aliphatic carbocycles. The molecule has 1 heteroatoms. The Morgan fingerprint density at radius 1 is 0.846 bits per heavy atom. The van der Waals surface area contributed by atoms with E-state index in [2.05, 4.69) is 33.0 Å². The molecule has 0 spiro atoms. The molecule has 13 heavy (non-hydrogen) atoms. The molecule has 79 valence electrons. The van der Waals surface area contributed by atoms with E-state index in [4.69, 9.17) is 0 Å². The quantitative estimate of drug-likeness (QED) is 0.513. The summed E-state index contributed by atoms with van der Waals surface area (Å²) in [5.41, 5.74) is 0. The minimum absolute atomic E-state index is 0.854. The summed E-state index contributed by atoms with van der Waals surface area (Å²) in [4.78, 5) is 0. The van der Waals surface area contributed by atoms with E-state index < -0.39 is 0 Å². The molecule has 0 heterocycles. The van der Waals surface area contributed by atoms with Gasteiger partial charge in [-0.15, -0.1) is 0 Å². The topological polar surface area (TPSA) is 14.1 Å². The molecular formula is C12H26N. The summed E-state index contributed by atoms with van der Waals surface area (Å²) < 4.78 is 0. The second-order valence-electron chi connectivity index (χ2n) is 4.28. The average molecular weight is 184 g/mol. The van der Waals surface area contributed by atoms with Crippen molar-refractivity contribution in [2.24, 2.45) is 11.8 Å². The van der Waals surface area contributed by atoms with Gasteiger partial charge in [-0.2, -0.15) is 0 Å². The van der Waals surface area contributed by atoms with Gasteiger partial charge in [0.05, 0.1) is 0 Å².